The Bertz CT molecular complexity index is 2490. The highest BCUT2D eigenvalue weighted by molar-refractivity contribution is 6.11. The molecule has 0 atom stereocenters. The van der Waals surface area contributed by atoms with Crippen LogP contribution in [0.25, 0.3) is 76.5 Å². The number of rotatable bonds is 5. The van der Waals surface area contributed by atoms with Gasteiger partial charge in [0.25, 0.3) is 0 Å². The zero-order valence-electron chi connectivity index (χ0n) is 31.1. The van der Waals surface area contributed by atoms with Gasteiger partial charge in [0.05, 0.1) is 13.2 Å². The van der Waals surface area contributed by atoms with Crippen molar-refractivity contribution in [3.63, 3.8) is 0 Å². The average molecular weight is 703 g/mol. The molecule has 1 saturated carbocycles. The minimum Gasteiger partial charge on any atom is -0.492 e. The summed E-state index contributed by atoms with van der Waals surface area (Å²) >= 11 is 0. The molecule has 0 N–H and O–H groups in total. The fourth-order valence-corrected chi connectivity index (χ4v) is 9.17. The van der Waals surface area contributed by atoms with Gasteiger partial charge >= 0.3 is 0 Å². The molecule has 0 amide bonds. The van der Waals surface area contributed by atoms with E-state index in [1.807, 2.05) is 0 Å². The summed E-state index contributed by atoms with van der Waals surface area (Å²) in [7, 11) is 0. The summed E-state index contributed by atoms with van der Waals surface area (Å²) in [5.74, 6) is 3.89. The maximum absolute atomic E-state index is 6.98. The van der Waals surface area contributed by atoms with Crippen LogP contribution < -0.4 is 9.47 Å². The first-order valence-electron chi connectivity index (χ1n) is 20.0. The molecule has 10 rings (SSSR count). The zero-order valence-corrected chi connectivity index (χ0v) is 31.1. The van der Waals surface area contributed by atoms with Gasteiger partial charge in [-0.05, 0) is 126 Å². The lowest BCUT2D eigenvalue weighted by atomic mass is 9.80. The van der Waals surface area contributed by atoms with Gasteiger partial charge in [-0.2, -0.15) is 0 Å². The number of fused-ring (bicyclic) bond motifs is 9. The summed E-state index contributed by atoms with van der Waals surface area (Å²) in [6, 6.07) is 53.5. The van der Waals surface area contributed by atoms with Crippen LogP contribution >= 0.6 is 0 Å². The van der Waals surface area contributed by atoms with Crippen LogP contribution in [0.3, 0.4) is 0 Å². The van der Waals surface area contributed by atoms with E-state index < -0.39 is 0 Å². The molecular formula is C52H46O2. The van der Waals surface area contributed by atoms with Crippen molar-refractivity contribution in [3.05, 3.63) is 146 Å². The van der Waals surface area contributed by atoms with Crippen molar-refractivity contribution in [2.24, 2.45) is 17.8 Å². The Morgan fingerprint density at radius 1 is 0.407 bits per heavy atom. The van der Waals surface area contributed by atoms with Crippen molar-refractivity contribution < 1.29 is 9.47 Å². The second-order valence-corrected chi connectivity index (χ2v) is 16.1. The van der Waals surface area contributed by atoms with Crippen LogP contribution in [0.15, 0.2) is 146 Å². The molecular weight excluding hydrogens is 657 g/mol. The van der Waals surface area contributed by atoms with Gasteiger partial charge in [-0.3, -0.25) is 0 Å². The average Bonchev–Trinajstić information content (AvgIpc) is 3.30. The number of benzene rings is 8. The first kappa shape index (κ1) is 33.0. The third kappa shape index (κ3) is 6.28. The largest absolute Gasteiger partial charge is 0.492 e. The molecule has 8 aromatic carbocycles. The van der Waals surface area contributed by atoms with E-state index in [4.69, 9.17) is 9.47 Å². The highest BCUT2D eigenvalue weighted by atomic mass is 16.5. The van der Waals surface area contributed by atoms with E-state index in [1.165, 1.54) is 97.4 Å². The predicted octanol–water partition coefficient (Wildman–Crippen LogP) is 14.3. The monoisotopic (exact) mass is 702 g/mol. The Morgan fingerprint density at radius 2 is 0.815 bits per heavy atom. The smallest absolute Gasteiger partial charge is 0.127 e. The molecule has 0 bridgehead atoms. The van der Waals surface area contributed by atoms with Crippen LogP contribution in [-0.4, -0.2) is 13.2 Å². The van der Waals surface area contributed by atoms with Crippen molar-refractivity contribution in [1.29, 1.82) is 0 Å². The first-order chi connectivity index (χ1) is 26.6. The number of ether oxygens (including phenoxy) is 2. The lowest BCUT2D eigenvalue weighted by molar-refractivity contribution is 0.159. The van der Waals surface area contributed by atoms with Crippen LogP contribution in [0.1, 0.15) is 45.4 Å². The van der Waals surface area contributed by atoms with Crippen molar-refractivity contribution in [3.8, 4) is 44.9 Å². The molecule has 2 heteroatoms. The molecule has 0 aromatic heterocycles. The molecule has 0 spiro atoms. The van der Waals surface area contributed by atoms with Crippen molar-refractivity contribution >= 4 is 43.1 Å². The molecule has 2 aliphatic rings. The van der Waals surface area contributed by atoms with Crippen LogP contribution in [0, 0.1) is 17.8 Å². The summed E-state index contributed by atoms with van der Waals surface area (Å²) in [5.41, 5.74) is 7.05. The molecule has 1 heterocycles. The molecule has 1 fully saturated rings. The minimum absolute atomic E-state index is 0.322. The SMILES string of the molecule is CC1CCC(CCC2COc3ccc4ccc(-c5ccc6ccccc6c5)cc4c3-c3c(ccc4ccc(-c5ccc6ccccc6c5)cc34)OC2)CC1. The predicted molar refractivity (Wildman–Crippen MR) is 228 cm³/mol. The Labute approximate surface area is 318 Å². The number of hydrogen-bond acceptors (Lipinski definition) is 2. The lowest BCUT2D eigenvalue weighted by Gasteiger charge is -2.27. The second-order valence-electron chi connectivity index (χ2n) is 16.1. The van der Waals surface area contributed by atoms with Crippen molar-refractivity contribution in [2.45, 2.75) is 45.4 Å². The van der Waals surface area contributed by atoms with Gasteiger partial charge in [-0.1, -0.05) is 142 Å². The van der Waals surface area contributed by atoms with Crippen LogP contribution in [0.2, 0.25) is 0 Å². The quantitative estimate of drug-likeness (QED) is 0.178. The van der Waals surface area contributed by atoms with Gasteiger partial charge in [0.2, 0.25) is 0 Å². The maximum atomic E-state index is 6.98. The van der Waals surface area contributed by atoms with E-state index in [1.54, 1.807) is 0 Å². The van der Waals surface area contributed by atoms with Gasteiger partial charge in [0, 0.05) is 17.0 Å². The van der Waals surface area contributed by atoms with Gasteiger partial charge < -0.3 is 9.47 Å². The molecule has 1 aliphatic carbocycles. The Balaban J connectivity index is 1.13. The van der Waals surface area contributed by atoms with E-state index in [9.17, 15) is 0 Å². The van der Waals surface area contributed by atoms with Crippen molar-refractivity contribution in [1.82, 2.24) is 0 Å². The topological polar surface area (TPSA) is 18.5 Å². The molecule has 2 nitrogen and oxygen atoms in total. The first-order valence-corrected chi connectivity index (χ1v) is 20.0. The Morgan fingerprint density at radius 3 is 1.31 bits per heavy atom. The van der Waals surface area contributed by atoms with E-state index in [-0.39, 0.29) is 0 Å². The van der Waals surface area contributed by atoms with E-state index >= 15 is 0 Å². The van der Waals surface area contributed by atoms with E-state index in [0.717, 1.165) is 40.9 Å². The van der Waals surface area contributed by atoms with Crippen LogP contribution in [0.5, 0.6) is 11.5 Å². The number of hydrogen-bond donors (Lipinski definition) is 0. The second kappa shape index (κ2) is 14.0. The van der Waals surface area contributed by atoms with Crippen LogP contribution in [-0.2, 0) is 0 Å². The maximum Gasteiger partial charge on any atom is 0.127 e. The molecule has 0 unspecified atom stereocenters. The molecule has 266 valence electrons. The minimum atomic E-state index is 0.322. The molecule has 0 radical (unpaired) electrons. The van der Waals surface area contributed by atoms with Gasteiger partial charge in [0.15, 0.2) is 0 Å². The summed E-state index contributed by atoms with van der Waals surface area (Å²) < 4.78 is 14.0. The fraction of sp³-hybridized carbons (Fsp3) is 0.231. The zero-order chi connectivity index (χ0) is 36.0. The third-order valence-electron chi connectivity index (χ3n) is 12.4. The standard InChI is InChI=1S/C52H46O2/c1-34-10-12-35(13-11-34)14-15-36-32-53-49-26-24-39-18-22-45(43-20-16-37-6-2-4-8-41(37)28-43)30-47(39)51(49)52-48-31-46(23-19-40(48)25-27-50(52)54-33-36)44-21-17-38-7-3-5-9-42(38)29-44/h2-9,16-31,34-36H,10-15,32-33H2,1H3. The lowest BCUT2D eigenvalue weighted by Crippen LogP contribution is -2.21. The van der Waals surface area contributed by atoms with Gasteiger partial charge in [0.1, 0.15) is 11.5 Å². The summed E-state index contributed by atoms with van der Waals surface area (Å²) in [6.07, 6.45) is 7.83. The van der Waals surface area contributed by atoms with Gasteiger partial charge in [-0.15, -0.1) is 0 Å². The van der Waals surface area contributed by atoms with E-state index in [0.29, 0.717) is 19.1 Å². The fourth-order valence-electron chi connectivity index (χ4n) is 9.17. The highest BCUT2D eigenvalue weighted by Gasteiger charge is 2.25. The molecule has 54 heavy (non-hydrogen) atoms. The molecule has 8 aromatic rings. The molecule has 0 saturated heterocycles. The summed E-state index contributed by atoms with van der Waals surface area (Å²) in [4.78, 5) is 0. The normalized spacial score (nSPS) is 17.6. The van der Waals surface area contributed by atoms with Crippen molar-refractivity contribution in [2.75, 3.05) is 13.2 Å². The Kier molecular flexibility index (Phi) is 8.55. The van der Waals surface area contributed by atoms with Crippen LogP contribution in [0.4, 0.5) is 0 Å². The summed E-state index contributed by atoms with van der Waals surface area (Å²) in [6.45, 7) is 3.72. The highest BCUT2D eigenvalue weighted by Crippen LogP contribution is 2.48. The van der Waals surface area contributed by atoms with Gasteiger partial charge in [-0.25, -0.2) is 0 Å². The third-order valence-corrected chi connectivity index (χ3v) is 12.4. The Hall–Kier alpha value is -5.60. The molecule has 1 aliphatic heterocycles. The van der Waals surface area contributed by atoms with E-state index in [2.05, 4.69) is 153 Å². The summed E-state index contributed by atoms with van der Waals surface area (Å²) in [5, 5.41) is 9.75.